The minimum absolute atomic E-state index is 0.117. The van der Waals surface area contributed by atoms with Gasteiger partial charge in [-0.25, -0.2) is 9.97 Å². The molecule has 25 heavy (non-hydrogen) atoms. The van der Waals surface area contributed by atoms with Crippen molar-refractivity contribution >= 4 is 0 Å². The Balaban J connectivity index is 1.67. The molecule has 6 nitrogen and oxygen atoms in total. The zero-order chi connectivity index (χ0) is 17.8. The van der Waals surface area contributed by atoms with Gasteiger partial charge in [-0.3, -0.25) is 4.68 Å². The minimum atomic E-state index is 0.117. The lowest BCUT2D eigenvalue weighted by Gasteiger charge is -2.33. The van der Waals surface area contributed by atoms with Crippen LogP contribution < -0.4 is 5.32 Å². The fraction of sp³-hybridized carbons (Fsp3) is 0.632. The highest BCUT2D eigenvalue weighted by Gasteiger charge is 2.30. The van der Waals surface area contributed by atoms with Gasteiger partial charge in [0.1, 0.15) is 11.9 Å². The van der Waals surface area contributed by atoms with E-state index in [4.69, 9.17) is 4.74 Å². The van der Waals surface area contributed by atoms with Gasteiger partial charge in [0.2, 0.25) is 0 Å². The zero-order valence-corrected chi connectivity index (χ0v) is 15.7. The van der Waals surface area contributed by atoms with Gasteiger partial charge in [-0.15, -0.1) is 0 Å². The molecular weight excluding hydrogens is 314 g/mol. The van der Waals surface area contributed by atoms with Crippen LogP contribution in [0.15, 0.2) is 18.5 Å². The Morgan fingerprint density at radius 2 is 2.24 bits per heavy atom. The summed E-state index contributed by atoms with van der Waals surface area (Å²) in [6.45, 7) is 10.9. The van der Waals surface area contributed by atoms with Crippen LogP contribution in [0, 0.1) is 19.8 Å². The molecule has 1 saturated heterocycles. The van der Waals surface area contributed by atoms with E-state index >= 15 is 0 Å². The Labute approximate surface area is 150 Å². The molecule has 1 fully saturated rings. The van der Waals surface area contributed by atoms with Gasteiger partial charge in [0.25, 0.3) is 0 Å². The molecule has 0 amide bonds. The SMILES string of the molecule is CCn1nccc1[C@@H]1OCCC[C@H]1CNC(C)c1cnc(C)nc1C. The molecule has 1 unspecified atom stereocenters. The number of aryl methyl sites for hydroxylation is 3. The Bertz CT molecular complexity index is 699. The number of ether oxygens (including phenoxy) is 1. The molecule has 0 aromatic carbocycles. The summed E-state index contributed by atoms with van der Waals surface area (Å²) in [5, 5.41) is 8.08. The molecule has 3 heterocycles. The van der Waals surface area contributed by atoms with Crippen LogP contribution in [-0.4, -0.2) is 32.9 Å². The molecule has 1 aliphatic heterocycles. The Morgan fingerprint density at radius 1 is 1.40 bits per heavy atom. The molecule has 2 aromatic rings. The van der Waals surface area contributed by atoms with Crippen molar-refractivity contribution in [2.75, 3.05) is 13.2 Å². The fourth-order valence-electron chi connectivity index (χ4n) is 3.68. The van der Waals surface area contributed by atoms with E-state index in [-0.39, 0.29) is 12.1 Å². The van der Waals surface area contributed by atoms with Crippen LogP contribution in [0.3, 0.4) is 0 Å². The van der Waals surface area contributed by atoms with E-state index in [1.807, 2.05) is 24.0 Å². The van der Waals surface area contributed by atoms with Crippen molar-refractivity contribution < 1.29 is 4.74 Å². The van der Waals surface area contributed by atoms with E-state index < -0.39 is 0 Å². The average Bonchev–Trinajstić information content (AvgIpc) is 3.08. The standard InChI is InChI=1S/C19H29N5O/c1-5-24-18(8-9-22-24)19-16(7-6-10-25-19)11-20-13(2)17-12-21-15(4)23-14(17)3/h8-9,12-13,16,19-20H,5-7,10-11H2,1-4H3/t13?,16-,19+/m0/s1. The van der Waals surface area contributed by atoms with Crippen molar-refractivity contribution in [3.8, 4) is 0 Å². The Hall–Kier alpha value is -1.79. The second-order valence-corrected chi connectivity index (χ2v) is 6.85. The molecule has 0 saturated carbocycles. The van der Waals surface area contributed by atoms with Crippen LogP contribution in [0.5, 0.6) is 0 Å². The third kappa shape index (κ3) is 4.07. The molecule has 0 spiro atoms. The molecule has 1 N–H and O–H groups in total. The molecule has 3 rings (SSSR count). The van der Waals surface area contributed by atoms with E-state index in [2.05, 4.69) is 47.2 Å². The van der Waals surface area contributed by atoms with Crippen LogP contribution in [-0.2, 0) is 11.3 Å². The summed E-state index contributed by atoms with van der Waals surface area (Å²) >= 11 is 0. The van der Waals surface area contributed by atoms with Gasteiger partial charge in [-0.2, -0.15) is 5.10 Å². The van der Waals surface area contributed by atoms with Crippen molar-refractivity contribution in [3.63, 3.8) is 0 Å². The Kier molecular flexibility index (Phi) is 5.81. The highest BCUT2D eigenvalue weighted by Crippen LogP contribution is 2.33. The van der Waals surface area contributed by atoms with E-state index in [0.29, 0.717) is 5.92 Å². The van der Waals surface area contributed by atoms with Crippen molar-refractivity contribution in [2.45, 2.75) is 59.2 Å². The van der Waals surface area contributed by atoms with Gasteiger partial charge in [0, 0.05) is 55.3 Å². The first kappa shape index (κ1) is 18.0. The van der Waals surface area contributed by atoms with Crippen LogP contribution in [0.2, 0.25) is 0 Å². The summed E-state index contributed by atoms with van der Waals surface area (Å²) in [4.78, 5) is 8.83. The second-order valence-electron chi connectivity index (χ2n) is 6.85. The summed E-state index contributed by atoms with van der Waals surface area (Å²) in [5.41, 5.74) is 3.40. The second kappa shape index (κ2) is 8.06. The summed E-state index contributed by atoms with van der Waals surface area (Å²) in [5.74, 6) is 1.27. The van der Waals surface area contributed by atoms with Crippen molar-refractivity contribution in [3.05, 3.63) is 41.2 Å². The maximum absolute atomic E-state index is 6.13. The van der Waals surface area contributed by atoms with Crippen molar-refractivity contribution in [2.24, 2.45) is 5.92 Å². The van der Waals surface area contributed by atoms with Gasteiger partial charge in [-0.1, -0.05) is 0 Å². The molecule has 6 heteroatoms. The first-order chi connectivity index (χ1) is 12.1. The lowest BCUT2D eigenvalue weighted by molar-refractivity contribution is -0.0332. The molecule has 3 atom stereocenters. The summed E-state index contributed by atoms with van der Waals surface area (Å²) in [7, 11) is 0. The largest absolute Gasteiger partial charge is 0.372 e. The monoisotopic (exact) mass is 343 g/mol. The van der Waals surface area contributed by atoms with E-state index in [1.54, 1.807) is 0 Å². The number of nitrogens with zero attached hydrogens (tertiary/aromatic N) is 4. The minimum Gasteiger partial charge on any atom is -0.372 e. The predicted molar refractivity (Wildman–Crippen MR) is 97.2 cm³/mol. The van der Waals surface area contributed by atoms with Gasteiger partial charge >= 0.3 is 0 Å². The average molecular weight is 343 g/mol. The topological polar surface area (TPSA) is 64.9 Å². The van der Waals surface area contributed by atoms with E-state index in [0.717, 1.165) is 43.2 Å². The molecule has 0 bridgehead atoms. The molecule has 2 aromatic heterocycles. The molecule has 1 aliphatic rings. The van der Waals surface area contributed by atoms with Crippen molar-refractivity contribution in [1.29, 1.82) is 0 Å². The van der Waals surface area contributed by atoms with Crippen LogP contribution in [0.4, 0.5) is 0 Å². The zero-order valence-electron chi connectivity index (χ0n) is 15.7. The normalized spacial score (nSPS) is 22.1. The number of nitrogens with one attached hydrogen (secondary N) is 1. The first-order valence-corrected chi connectivity index (χ1v) is 9.27. The summed E-state index contributed by atoms with van der Waals surface area (Å²) < 4.78 is 8.18. The van der Waals surface area contributed by atoms with Crippen molar-refractivity contribution in [1.82, 2.24) is 25.1 Å². The van der Waals surface area contributed by atoms with Crippen LogP contribution >= 0.6 is 0 Å². The van der Waals surface area contributed by atoms with Gasteiger partial charge < -0.3 is 10.1 Å². The maximum atomic E-state index is 6.13. The van der Waals surface area contributed by atoms with Gasteiger partial charge in [-0.05, 0) is 46.6 Å². The quantitative estimate of drug-likeness (QED) is 0.873. The van der Waals surface area contributed by atoms with E-state index in [9.17, 15) is 0 Å². The smallest absolute Gasteiger partial charge is 0.125 e. The maximum Gasteiger partial charge on any atom is 0.125 e. The van der Waals surface area contributed by atoms with Gasteiger partial charge in [0.05, 0.1) is 5.69 Å². The lowest BCUT2D eigenvalue weighted by atomic mass is 9.91. The lowest BCUT2D eigenvalue weighted by Crippen LogP contribution is -2.34. The number of hydrogen-bond acceptors (Lipinski definition) is 5. The summed E-state index contributed by atoms with van der Waals surface area (Å²) in [6.07, 6.45) is 6.21. The number of hydrogen-bond donors (Lipinski definition) is 1. The Morgan fingerprint density at radius 3 is 3.00 bits per heavy atom. The highest BCUT2D eigenvalue weighted by molar-refractivity contribution is 5.19. The third-order valence-electron chi connectivity index (χ3n) is 5.08. The number of rotatable bonds is 6. The molecular formula is C19H29N5O. The van der Waals surface area contributed by atoms with E-state index in [1.165, 1.54) is 12.1 Å². The van der Waals surface area contributed by atoms with Crippen LogP contribution in [0.25, 0.3) is 0 Å². The highest BCUT2D eigenvalue weighted by atomic mass is 16.5. The van der Waals surface area contributed by atoms with Crippen LogP contribution in [0.1, 0.15) is 61.6 Å². The number of aromatic nitrogens is 4. The fourth-order valence-corrected chi connectivity index (χ4v) is 3.68. The molecule has 0 aliphatic carbocycles. The summed E-state index contributed by atoms with van der Waals surface area (Å²) in [6, 6.07) is 2.31. The van der Waals surface area contributed by atoms with Gasteiger partial charge in [0.15, 0.2) is 0 Å². The molecule has 136 valence electrons. The predicted octanol–water partition coefficient (Wildman–Crippen LogP) is 3.13. The third-order valence-corrected chi connectivity index (χ3v) is 5.08. The molecule has 0 radical (unpaired) electrons. The first-order valence-electron chi connectivity index (χ1n) is 9.27.